The zero-order chi connectivity index (χ0) is 16.3. The monoisotopic (exact) mass is 365 g/mol. The molecule has 6 nitrogen and oxygen atoms in total. The molecule has 2 rings (SSSR count). The zero-order valence-corrected chi connectivity index (χ0v) is 14.1. The second-order valence-corrected chi connectivity index (χ2v) is 5.61. The van der Waals surface area contributed by atoms with Crippen LogP contribution in [-0.2, 0) is 18.3 Å². The van der Waals surface area contributed by atoms with Gasteiger partial charge in [-0.05, 0) is 33.6 Å². The highest BCUT2D eigenvalue weighted by molar-refractivity contribution is 9.10. The first-order chi connectivity index (χ1) is 10.4. The number of hydrogen-bond donors (Lipinski definition) is 0. The van der Waals surface area contributed by atoms with Gasteiger partial charge < -0.3 is 9.64 Å². The average Bonchev–Trinajstić information content (AvgIpc) is 2.52. The van der Waals surface area contributed by atoms with Gasteiger partial charge in [-0.2, -0.15) is 5.10 Å². The van der Waals surface area contributed by atoms with Crippen molar-refractivity contribution >= 4 is 27.6 Å². The van der Waals surface area contributed by atoms with E-state index in [9.17, 15) is 9.59 Å². The molecule has 0 aliphatic heterocycles. The van der Waals surface area contributed by atoms with Gasteiger partial charge in [0, 0.05) is 20.6 Å². The number of aryl methyl sites for hydroxylation is 1. The number of methoxy groups -OCH3 is 1. The maximum absolute atomic E-state index is 11.9. The van der Waals surface area contributed by atoms with E-state index < -0.39 is 0 Å². The topological polar surface area (TPSA) is 64.4 Å². The molecule has 0 N–H and O–H groups in total. The summed E-state index contributed by atoms with van der Waals surface area (Å²) >= 11 is 3.31. The minimum atomic E-state index is -0.363. The molecule has 0 saturated heterocycles. The molecule has 0 radical (unpaired) electrons. The summed E-state index contributed by atoms with van der Waals surface area (Å²) in [6.45, 7) is 0.578. The fourth-order valence-corrected chi connectivity index (χ4v) is 2.65. The molecule has 22 heavy (non-hydrogen) atoms. The molecule has 1 heterocycles. The van der Waals surface area contributed by atoms with Crippen LogP contribution in [0.4, 0.5) is 5.69 Å². The van der Waals surface area contributed by atoms with Crippen LogP contribution >= 0.6 is 15.9 Å². The van der Waals surface area contributed by atoms with Crippen molar-refractivity contribution in [3.63, 3.8) is 0 Å². The summed E-state index contributed by atoms with van der Waals surface area (Å²) in [6.07, 6.45) is 1.63. The third kappa shape index (κ3) is 3.36. The normalized spacial score (nSPS) is 10.4. The van der Waals surface area contributed by atoms with E-state index in [1.165, 1.54) is 11.8 Å². The minimum Gasteiger partial charge on any atom is -0.465 e. The zero-order valence-electron chi connectivity index (χ0n) is 12.5. The van der Waals surface area contributed by atoms with Crippen LogP contribution in [0.5, 0.6) is 0 Å². The van der Waals surface area contributed by atoms with Crippen LogP contribution in [0, 0.1) is 0 Å². The van der Waals surface area contributed by atoms with Gasteiger partial charge in [0.2, 0.25) is 0 Å². The van der Waals surface area contributed by atoms with E-state index in [0.717, 1.165) is 5.56 Å². The number of halogens is 1. The van der Waals surface area contributed by atoms with Gasteiger partial charge in [0.25, 0.3) is 5.56 Å². The van der Waals surface area contributed by atoms with Crippen molar-refractivity contribution in [3.8, 4) is 0 Å². The van der Waals surface area contributed by atoms with Gasteiger partial charge in [0.05, 0.1) is 24.6 Å². The largest absolute Gasteiger partial charge is 0.465 e. The van der Waals surface area contributed by atoms with Gasteiger partial charge in [-0.25, -0.2) is 9.48 Å². The van der Waals surface area contributed by atoms with Gasteiger partial charge in [-0.1, -0.05) is 12.1 Å². The van der Waals surface area contributed by atoms with Gasteiger partial charge in [0.15, 0.2) is 0 Å². The third-order valence-electron chi connectivity index (χ3n) is 3.27. The molecule has 0 aliphatic carbocycles. The Morgan fingerprint density at radius 1 is 1.36 bits per heavy atom. The Morgan fingerprint density at radius 3 is 2.59 bits per heavy atom. The first-order valence-electron chi connectivity index (χ1n) is 6.54. The summed E-state index contributed by atoms with van der Waals surface area (Å²) in [5, 5.41) is 4.02. The highest BCUT2D eigenvalue weighted by Crippen LogP contribution is 2.22. The maximum atomic E-state index is 11.9. The first kappa shape index (κ1) is 16.2. The maximum Gasteiger partial charge on any atom is 0.337 e. The number of esters is 1. The molecule has 1 aromatic carbocycles. The van der Waals surface area contributed by atoms with Crippen molar-refractivity contribution in [2.24, 2.45) is 7.05 Å². The summed E-state index contributed by atoms with van der Waals surface area (Å²) in [4.78, 5) is 25.2. The molecule has 7 heteroatoms. The molecular weight excluding hydrogens is 350 g/mol. The van der Waals surface area contributed by atoms with Crippen molar-refractivity contribution in [1.29, 1.82) is 0 Å². The van der Waals surface area contributed by atoms with Crippen LogP contribution in [0.1, 0.15) is 15.9 Å². The Kier molecular flexibility index (Phi) is 4.97. The van der Waals surface area contributed by atoms with E-state index in [4.69, 9.17) is 0 Å². The molecule has 0 saturated carbocycles. The van der Waals surface area contributed by atoms with Crippen molar-refractivity contribution in [3.05, 3.63) is 56.4 Å². The minimum absolute atomic E-state index is 0.189. The van der Waals surface area contributed by atoms with Crippen molar-refractivity contribution in [2.75, 3.05) is 19.1 Å². The van der Waals surface area contributed by atoms with Crippen molar-refractivity contribution in [2.45, 2.75) is 6.54 Å². The molecule has 0 bridgehead atoms. The molecule has 0 fully saturated rings. The lowest BCUT2D eigenvalue weighted by Gasteiger charge is -2.20. The predicted molar refractivity (Wildman–Crippen MR) is 87.1 cm³/mol. The van der Waals surface area contributed by atoms with E-state index in [1.807, 2.05) is 24.1 Å². The third-order valence-corrected chi connectivity index (χ3v) is 4.01. The fourth-order valence-electron chi connectivity index (χ4n) is 1.99. The number of nitrogens with zero attached hydrogens (tertiary/aromatic N) is 3. The molecule has 2 aromatic rings. The van der Waals surface area contributed by atoms with Crippen LogP contribution < -0.4 is 10.5 Å². The second-order valence-electron chi connectivity index (χ2n) is 4.82. The van der Waals surface area contributed by atoms with Crippen LogP contribution in [0.15, 0.2) is 39.7 Å². The van der Waals surface area contributed by atoms with E-state index in [2.05, 4.69) is 25.8 Å². The average molecular weight is 366 g/mol. The van der Waals surface area contributed by atoms with Gasteiger partial charge >= 0.3 is 5.97 Å². The van der Waals surface area contributed by atoms with E-state index in [0.29, 0.717) is 22.3 Å². The lowest BCUT2D eigenvalue weighted by Crippen LogP contribution is -2.25. The lowest BCUT2D eigenvalue weighted by atomic mass is 10.1. The molecule has 0 unspecified atom stereocenters. The number of carbonyl (C=O) groups excluding carboxylic acids is 1. The Hall–Kier alpha value is -2.15. The summed E-state index contributed by atoms with van der Waals surface area (Å²) in [6, 6.07) is 7.13. The van der Waals surface area contributed by atoms with Gasteiger partial charge in [-0.3, -0.25) is 4.79 Å². The summed E-state index contributed by atoms with van der Waals surface area (Å²) < 4.78 is 6.41. The molecule has 0 aliphatic rings. The standard InChI is InChI=1S/C15H16BrN3O3/c1-18(12-8-17-19(2)14(20)13(12)16)9-10-4-6-11(7-5-10)15(21)22-3/h4-8H,9H2,1-3H3. The number of rotatable bonds is 4. The lowest BCUT2D eigenvalue weighted by molar-refractivity contribution is 0.0600. The Morgan fingerprint density at radius 2 is 2.00 bits per heavy atom. The summed E-state index contributed by atoms with van der Waals surface area (Å²) in [5.74, 6) is -0.363. The summed E-state index contributed by atoms with van der Waals surface area (Å²) in [7, 11) is 4.82. The highest BCUT2D eigenvalue weighted by atomic mass is 79.9. The predicted octanol–water partition coefficient (Wildman–Crippen LogP) is 1.97. The van der Waals surface area contributed by atoms with Crippen molar-refractivity contribution < 1.29 is 9.53 Å². The van der Waals surface area contributed by atoms with E-state index in [-0.39, 0.29) is 11.5 Å². The van der Waals surface area contributed by atoms with Gasteiger partial charge in [0.1, 0.15) is 4.47 Å². The van der Waals surface area contributed by atoms with Crippen LogP contribution in [0.25, 0.3) is 0 Å². The summed E-state index contributed by atoms with van der Waals surface area (Å²) in [5.41, 5.74) is 2.03. The Balaban J connectivity index is 2.19. The van der Waals surface area contributed by atoms with Crippen molar-refractivity contribution in [1.82, 2.24) is 9.78 Å². The molecular formula is C15H16BrN3O3. The second kappa shape index (κ2) is 6.74. The van der Waals surface area contributed by atoms with Crippen LogP contribution in [0.3, 0.4) is 0 Å². The Bertz CT molecular complexity index is 741. The highest BCUT2D eigenvalue weighted by Gasteiger charge is 2.12. The molecule has 0 spiro atoms. The number of anilines is 1. The SMILES string of the molecule is COC(=O)c1ccc(CN(C)c2cnn(C)c(=O)c2Br)cc1. The van der Waals surface area contributed by atoms with Gasteiger partial charge in [-0.15, -0.1) is 0 Å². The number of benzene rings is 1. The van der Waals surface area contributed by atoms with E-state index in [1.54, 1.807) is 25.4 Å². The number of ether oxygens (including phenoxy) is 1. The van der Waals surface area contributed by atoms with E-state index >= 15 is 0 Å². The van der Waals surface area contributed by atoms with Crippen LogP contribution in [-0.4, -0.2) is 29.9 Å². The quantitative estimate of drug-likeness (QED) is 0.775. The molecule has 116 valence electrons. The number of hydrogen-bond acceptors (Lipinski definition) is 5. The van der Waals surface area contributed by atoms with Crippen LogP contribution in [0.2, 0.25) is 0 Å². The first-order valence-corrected chi connectivity index (χ1v) is 7.33. The fraction of sp³-hybridized carbons (Fsp3) is 0.267. The number of aromatic nitrogens is 2. The Labute approximate surface area is 136 Å². The molecule has 0 amide bonds. The molecule has 0 atom stereocenters. The smallest absolute Gasteiger partial charge is 0.337 e. The number of carbonyl (C=O) groups is 1. The molecule has 1 aromatic heterocycles.